The van der Waals surface area contributed by atoms with Gasteiger partial charge < -0.3 is 9.64 Å². The van der Waals surface area contributed by atoms with E-state index in [0.717, 1.165) is 28.6 Å². The minimum Gasteiger partial charge on any atom is -0.457 e. The van der Waals surface area contributed by atoms with E-state index in [2.05, 4.69) is 241 Å². The summed E-state index contributed by atoms with van der Waals surface area (Å²) in [6.45, 7) is 0. The summed E-state index contributed by atoms with van der Waals surface area (Å²) >= 11 is 1.88. The van der Waals surface area contributed by atoms with Crippen molar-refractivity contribution in [3.63, 3.8) is 0 Å². The van der Waals surface area contributed by atoms with Gasteiger partial charge in [0.1, 0.15) is 11.5 Å². The molecule has 0 aromatic heterocycles. The molecule has 0 bridgehead atoms. The molecule has 0 radical (unpaired) electrons. The van der Waals surface area contributed by atoms with Crippen molar-refractivity contribution in [1.29, 1.82) is 0 Å². The number of rotatable bonds is 4. The molecule has 0 amide bonds. The Kier molecular flexibility index (Phi) is 7.79. The molecule has 2 aliphatic carbocycles. The van der Waals surface area contributed by atoms with Crippen LogP contribution in [0, 0.1) is 0 Å². The molecule has 2 heterocycles. The predicted molar refractivity (Wildman–Crippen MR) is 265 cm³/mol. The highest BCUT2D eigenvalue weighted by atomic mass is 32.2. The minimum absolute atomic E-state index is 0.438. The third kappa shape index (κ3) is 4.96. The van der Waals surface area contributed by atoms with E-state index in [1.807, 2.05) is 11.8 Å². The van der Waals surface area contributed by atoms with Crippen molar-refractivity contribution in [2.75, 3.05) is 4.90 Å². The Balaban J connectivity index is 1.00. The highest BCUT2D eigenvalue weighted by molar-refractivity contribution is 7.99. The van der Waals surface area contributed by atoms with Gasteiger partial charge in [-0.1, -0.05) is 188 Å². The summed E-state index contributed by atoms with van der Waals surface area (Å²) in [6.07, 6.45) is 0. The molecule has 304 valence electrons. The lowest BCUT2D eigenvalue weighted by atomic mass is 9.66. The molecule has 3 heteroatoms. The van der Waals surface area contributed by atoms with Gasteiger partial charge in [0, 0.05) is 38.0 Å². The van der Waals surface area contributed by atoms with Gasteiger partial charge in [-0.25, -0.2) is 0 Å². The maximum atomic E-state index is 6.65. The van der Waals surface area contributed by atoms with Crippen LogP contribution in [0.4, 0.5) is 17.1 Å². The van der Waals surface area contributed by atoms with Gasteiger partial charge in [0.15, 0.2) is 0 Å². The average Bonchev–Trinajstić information content (AvgIpc) is 3.82. The molecule has 10 aromatic carbocycles. The number of nitrogens with zero attached hydrogens (tertiary/aromatic N) is 1. The Labute approximate surface area is 383 Å². The van der Waals surface area contributed by atoms with Crippen molar-refractivity contribution in [3.05, 3.63) is 281 Å². The van der Waals surface area contributed by atoms with Crippen LogP contribution >= 0.6 is 11.8 Å². The molecule has 0 atom stereocenters. The summed E-state index contributed by atoms with van der Waals surface area (Å²) in [5, 5.41) is 0. The van der Waals surface area contributed by atoms with E-state index in [4.69, 9.17) is 4.74 Å². The van der Waals surface area contributed by atoms with Crippen molar-refractivity contribution in [3.8, 4) is 44.9 Å². The number of fused-ring (bicyclic) bond motifs is 18. The van der Waals surface area contributed by atoms with Crippen LogP contribution in [0.5, 0.6) is 11.5 Å². The number of ether oxygens (including phenoxy) is 1. The monoisotopic (exact) mass is 845 g/mol. The first kappa shape index (κ1) is 36.6. The van der Waals surface area contributed by atoms with Gasteiger partial charge in [-0.2, -0.15) is 0 Å². The first-order chi connectivity index (χ1) is 32.2. The Morgan fingerprint density at radius 2 is 0.677 bits per heavy atom. The first-order valence-electron chi connectivity index (χ1n) is 22.4. The van der Waals surface area contributed by atoms with Gasteiger partial charge in [0.2, 0.25) is 0 Å². The predicted octanol–water partition coefficient (Wildman–Crippen LogP) is 16.1. The summed E-state index contributed by atoms with van der Waals surface area (Å²) in [4.78, 5) is 5.08. The van der Waals surface area contributed by atoms with Gasteiger partial charge in [0.25, 0.3) is 0 Å². The summed E-state index contributed by atoms with van der Waals surface area (Å²) in [5.74, 6) is 1.80. The molecule has 2 aliphatic heterocycles. The molecule has 10 aromatic rings. The minimum atomic E-state index is -0.533. The Hall–Kier alpha value is -7.85. The van der Waals surface area contributed by atoms with Crippen molar-refractivity contribution in [2.45, 2.75) is 20.6 Å². The van der Waals surface area contributed by atoms with Gasteiger partial charge in [0.05, 0.1) is 10.8 Å². The van der Waals surface area contributed by atoms with Crippen LogP contribution in [0.25, 0.3) is 33.4 Å². The van der Waals surface area contributed by atoms with E-state index >= 15 is 0 Å². The van der Waals surface area contributed by atoms with E-state index in [0.29, 0.717) is 0 Å². The molecule has 0 unspecified atom stereocenters. The number of hydrogen-bond donors (Lipinski definition) is 0. The number of benzene rings is 10. The average molecular weight is 846 g/mol. The van der Waals surface area contributed by atoms with Crippen LogP contribution in [0.15, 0.2) is 246 Å². The summed E-state index contributed by atoms with van der Waals surface area (Å²) in [7, 11) is 0. The largest absolute Gasteiger partial charge is 0.457 e. The first-order valence-corrected chi connectivity index (χ1v) is 23.2. The molecule has 0 fully saturated rings. The van der Waals surface area contributed by atoms with Crippen LogP contribution in [-0.4, -0.2) is 0 Å². The second-order valence-corrected chi connectivity index (χ2v) is 18.6. The zero-order valence-electron chi connectivity index (χ0n) is 35.3. The SMILES string of the molecule is c1ccc(-c2ccc(N(c3ccc4c(c3)-c3ccccc3C43c4ccccc4Oc4ccccc43)c3ccc4c(c3)-c3ccccc3C43c4ccccc4Sc4ccccc43)cc2)cc1. The summed E-state index contributed by atoms with van der Waals surface area (Å²) in [5.41, 5.74) is 20.0. The second-order valence-electron chi connectivity index (χ2n) is 17.5. The van der Waals surface area contributed by atoms with E-state index < -0.39 is 10.8 Å². The second kappa shape index (κ2) is 13.8. The van der Waals surface area contributed by atoms with Crippen molar-refractivity contribution in [1.82, 2.24) is 0 Å². The van der Waals surface area contributed by atoms with E-state index in [-0.39, 0.29) is 0 Å². The maximum Gasteiger partial charge on any atom is 0.132 e. The zero-order valence-corrected chi connectivity index (χ0v) is 36.1. The van der Waals surface area contributed by atoms with Crippen LogP contribution in [0.3, 0.4) is 0 Å². The number of hydrogen-bond acceptors (Lipinski definition) is 3. The Morgan fingerprint density at radius 3 is 1.22 bits per heavy atom. The molecule has 2 spiro atoms. The molecule has 0 saturated carbocycles. The lowest BCUT2D eigenvalue weighted by Crippen LogP contribution is -2.32. The third-order valence-electron chi connectivity index (χ3n) is 14.4. The van der Waals surface area contributed by atoms with Crippen molar-refractivity contribution in [2.24, 2.45) is 0 Å². The third-order valence-corrected chi connectivity index (χ3v) is 15.6. The van der Waals surface area contributed by atoms with Crippen LogP contribution in [0.2, 0.25) is 0 Å². The molecule has 4 aliphatic rings. The standard InChI is InChI=1S/C62H39NOS/c1-2-16-40(17-3-1)41-30-32-42(33-31-41)63(43-34-36-51-47(38-43)45-18-4-6-20-49(45)61(51)53-22-8-12-26-57(53)64-58-27-13-9-23-54(58)61)44-35-37-52-48(39-44)46-19-5-7-21-50(46)62(52)55-24-10-14-28-59(55)65-60-29-15-11-25-56(60)62/h1-39H. The van der Waals surface area contributed by atoms with Crippen molar-refractivity contribution >= 4 is 28.8 Å². The normalized spacial score (nSPS) is 14.5. The molecule has 65 heavy (non-hydrogen) atoms. The van der Waals surface area contributed by atoms with E-state index in [1.54, 1.807) is 0 Å². The molecule has 2 nitrogen and oxygen atoms in total. The van der Waals surface area contributed by atoms with Crippen LogP contribution in [-0.2, 0) is 10.8 Å². The maximum absolute atomic E-state index is 6.65. The lowest BCUT2D eigenvalue weighted by Gasteiger charge is -2.39. The van der Waals surface area contributed by atoms with Crippen LogP contribution < -0.4 is 9.64 Å². The van der Waals surface area contributed by atoms with Gasteiger partial charge in [-0.3, -0.25) is 0 Å². The van der Waals surface area contributed by atoms with E-state index in [9.17, 15) is 0 Å². The van der Waals surface area contributed by atoms with Gasteiger partial charge >= 0.3 is 0 Å². The lowest BCUT2D eigenvalue weighted by molar-refractivity contribution is 0.436. The molecule has 0 saturated heterocycles. The Morgan fingerprint density at radius 1 is 0.292 bits per heavy atom. The summed E-state index contributed by atoms with van der Waals surface area (Å²) in [6, 6.07) is 87.5. The van der Waals surface area contributed by atoms with Crippen molar-refractivity contribution < 1.29 is 4.74 Å². The summed E-state index contributed by atoms with van der Waals surface area (Å²) < 4.78 is 6.65. The highest BCUT2D eigenvalue weighted by Crippen LogP contribution is 2.64. The zero-order chi connectivity index (χ0) is 42.7. The van der Waals surface area contributed by atoms with Gasteiger partial charge in [-0.05, 0) is 127 Å². The molecular formula is C62H39NOS. The molecule has 14 rings (SSSR count). The fourth-order valence-corrected chi connectivity index (χ4v) is 13.0. The quantitative estimate of drug-likeness (QED) is 0.175. The smallest absolute Gasteiger partial charge is 0.132 e. The fourth-order valence-electron chi connectivity index (χ4n) is 11.9. The highest BCUT2D eigenvalue weighted by Gasteiger charge is 2.52. The van der Waals surface area contributed by atoms with Crippen LogP contribution in [0.1, 0.15) is 44.5 Å². The number of para-hydroxylation sites is 2. The molecular weight excluding hydrogens is 807 g/mol. The Bertz CT molecular complexity index is 3290. The van der Waals surface area contributed by atoms with E-state index in [1.165, 1.54) is 87.7 Å². The van der Waals surface area contributed by atoms with Gasteiger partial charge in [-0.15, -0.1) is 0 Å². The number of anilines is 3. The topological polar surface area (TPSA) is 12.5 Å². The molecule has 0 N–H and O–H groups in total. The fraction of sp³-hybridized carbons (Fsp3) is 0.0323.